The summed E-state index contributed by atoms with van der Waals surface area (Å²) in [5.74, 6) is -0.289. The first-order valence-corrected chi connectivity index (χ1v) is 8.90. The lowest BCUT2D eigenvalue weighted by Crippen LogP contribution is -2.23. The van der Waals surface area contributed by atoms with E-state index in [4.69, 9.17) is 4.74 Å². The van der Waals surface area contributed by atoms with E-state index < -0.39 is 12.8 Å². The Balaban J connectivity index is 4.64. The third-order valence-electron chi connectivity index (χ3n) is 3.11. The van der Waals surface area contributed by atoms with Crippen LogP contribution < -0.4 is 0 Å². The van der Waals surface area contributed by atoms with Crippen LogP contribution in [-0.4, -0.2) is 30.6 Å². The number of carbonyl (C=O) groups is 1. The monoisotopic (exact) mass is 262 g/mol. The summed E-state index contributed by atoms with van der Waals surface area (Å²) in [6, 6.07) is 0. The Kier molecular flexibility index (Phi) is 8.59. The first-order valence-electron chi connectivity index (χ1n) is 6.76. The van der Waals surface area contributed by atoms with Gasteiger partial charge in [0.25, 0.3) is 0 Å². The lowest BCUT2D eigenvalue weighted by atomic mass is 10.4. The van der Waals surface area contributed by atoms with Crippen LogP contribution in [0.2, 0.25) is 0 Å². The smallest absolute Gasteiger partial charge is 0.316 e. The summed E-state index contributed by atoms with van der Waals surface area (Å²) in [6.45, 7) is 8.08. The molecule has 0 N–H and O–H groups in total. The Morgan fingerprint density at radius 1 is 1.12 bits per heavy atom. The van der Waals surface area contributed by atoms with Gasteiger partial charge in [0, 0.05) is 12.3 Å². The van der Waals surface area contributed by atoms with Crippen molar-refractivity contribution in [2.45, 2.75) is 59.0 Å². The molecule has 0 aromatic heterocycles. The second-order valence-corrected chi connectivity index (χ2v) is 8.11. The fraction of sp³-hybridized carbons (Fsp3) is 0.923. The highest BCUT2D eigenvalue weighted by Crippen LogP contribution is 2.52. The van der Waals surface area contributed by atoms with E-state index in [2.05, 4.69) is 13.8 Å². The highest BCUT2D eigenvalue weighted by atomic mass is 31.2. The highest BCUT2D eigenvalue weighted by molar-refractivity contribution is 7.65. The quantitative estimate of drug-likeness (QED) is 0.467. The average molecular weight is 262 g/mol. The molecule has 3 nitrogen and oxygen atoms in total. The van der Waals surface area contributed by atoms with Crippen LogP contribution in [0.25, 0.3) is 0 Å². The molecule has 0 heterocycles. The van der Waals surface area contributed by atoms with Crippen LogP contribution in [-0.2, 0) is 14.1 Å². The summed E-state index contributed by atoms with van der Waals surface area (Å²) in [4.78, 5) is 11.7. The molecule has 17 heavy (non-hydrogen) atoms. The third kappa shape index (κ3) is 5.72. The minimum absolute atomic E-state index is 0.289. The van der Waals surface area contributed by atoms with Crippen molar-refractivity contribution in [1.82, 2.24) is 0 Å². The van der Waals surface area contributed by atoms with Crippen LogP contribution in [0, 0.1) is 0 Å². The number of hydrogen-bond acceptors (Lipinski definition) is 3. The van der Waals surface area contributed by atoms with Gasteiger partial charge in [0.2, 0.25) is 0 Å². The Morgan fingerprint density at radius 3 is 1.94 bits per heavy atom. The van der Waals surface area contributed by atoms with E-state index in [0.29, 0.717) is 18.9 Å². The minimum Gasteiger partial charge on any atom is -0.465 e. The largest absolute Gasteiger partial charge is 0.465 e. The molecule has 0 aromatic carbocycles. The number of unbranched alkanes of at least 4 members (excludes halogenated alkanes) is 2. The van der Waals surface area contributed by atoms with Gasteiger partial charge in [-0.25, -0.2) is 0 Å². The van der Waals surface area contributed by atoms with Crippen molar-refractivity contribution in [3.05, 3.63) is 0 Å². The summed E-state index contributed by atoms with van der Waals surface area (Å²) in [6.07, 6.45) is 5.28. The summed E-state index contributed by atoms with van der Waals surface area (Å²) in [7, 11) is -2.40. The summed E-state index contributed by atoms with van der Waals surface area (Å²) in [5, 5.41) is 0. The van der Waals surface area contributed by atoms with Crippen molar-refractivity contribution in [3.8, 4) is 0 Å². The summed E-state index contributed by atoms with van der Waals surface area (Å²) < 4.78 is 17.8. The average Bonchev–Trinajstić information content (AvgIpc) is 2.33. The van der Waals surface area contributed by atoms with Crippen molar-refractivity contribution in [2.24, 2.45) is 0 Å². The molecular weight excluding hydrogens is 235 g/mol. The maximum atomic E-state index is 12.8. The van der Waals surface area contributed by atoms with Crippen molar-refractivity contribution in [2.75, 3.05) is 18.9 Å². The predicted octanol–water partition coefficient (Wildman–Crippen LogP) is 3.90. The molecule has 4 heteroatoms. The van der Waals surface area contributed by atoms with Crippen molar-refractivity contribution in [3.63, 3.8) is 0 Å². The second kappa shape index (κ2) is 8.74. The highest BCUT2D eigenvalue weighted by Gasteiger charge is 2.34. The molecule has 0 amide bonds. The van der Waals surface area contributed by atoms with Crippen LogP contribution in [0.4, 0.5) is 0 Å². The number of esters is 1. The second-order valence-electron chi connectivity index (χ2n) is 4.53. The minimum atomic E-state index is -2.40. The lowest BCUT2D eigenvalue weighted by Gasteiger charge is -2.23. The van der Waals surface area contributed by atoms with Crippen LogP contribution in [0.1, 0.15) is 53.4 Å². The van der Waals surface area contributed by atoms with E-state index in [9.17, 15) is 9.36 Å². The number of carbonyl (C=O) groups excluding carboxylic acids is 1. The molecule has 0 fully saturated rings. The van der Waals surface area contributed by atoms with E-state index >= 15 is 0 Å². The fourth-order valence-electron chi connectivity index (χ4n) is 1.81. The third-order valence-corrected chi connectivity index (χ3v) is 6.88. The molecule has 0 aliphatic rings. The van der Waals surface area contributed by atoms with Crippen molar-refractivity contribution >= 4 is 13.1 Å². The standard InChI is InChI=1S/C13H27O3P/c1-5-8-10-17(15,11-9-6-2)12(4)13(14)16-7-3/h12H,5-11H2,1-4H3. The van der Waals surface area contributed by atoms with Gasteiger partial charge >= 0.3 is 5.97 Å². The molecular formula is C13H27O3P. The van der Waals surface area contributed by atoms with E-state index in [-0.39, 0.29) is 5.97 Å². The molecule has 0 saturated carbocycles. The Bertz CT molecular complexity index is 251. The first-order chi connectivity index (χ1) is 8.01. The van der Waals surface area contributed by atoms with Crippen molar-refractivity contribution in [1.29, 1.82) is 0 Å². The molecule has 0 aromatic rings. The molecule has 0 aliphatic heterocycles. The zero-order chi connectivity index (χ0) is 13.3. The Labute approximate surface area is 106 Å². The van der Waals surface area contributed by atoms with Crippen LogP contribution in [0.3, 0.4) is 0 Å². The molecule has 0 rings (SSSR count). The molecule has 0 bridgehead atoms. The van der Waals surface area contributed by atoms with Gasteiger partial charge in [-0.2, -0.15) is 0 Å². The first kappa shape index (κ1) is 16.7. The lowest BCUT2D eigenvalue weighted by molar-refractivity contribution is -0.142. The van der Waals surface area contributed by atoms with E-state index in [1.54, 1.807) is 13.8 Å². The SMILES string of the molecule is CCCCP(=O)(CCCC)C(C)C(=O)OCC. The molecule has 0 spiro atoms. The maximum absolute atomic E-state index is 12.8. The molecule has 0 radical (unpaired) electrons. The van der Waals surface area contributed by atoms with Gasteiger partial charge < -0.3 is 9.30 Å². The molecule has 1 atom stereocenters. The number of ether oxygens (including phenoxy) is 1. The zero-order valence-corrected chi connectivity index (χ0v) is 12.6. The van der Waals surface area contributed by atoms with E-state index in [1.165, 1.54) is 0 Å². The van der Waals surface area contributed by atoms with Gasteiger partial charge in [-0.1, -0.05) is 26.7 Å². The van der Waals surface area contributed by atoms with Gasteiger partial charge in [-0.05, 0) is 26.7 Å². The molecule has 0 aliphatic carbocycles. The van der Waals surface area contributed by atoms with Gasteiger partial charge in [-0.15, -0.1) is 0 Å². The normalized spacial score (nSPS) is 13.4. The van der Waals surface area contributed by atoms with Gasteiger partial charge in [0.1, 0.15) is 12.8 Å². The molecule has 102 valence electrons. The number of rotatable bonds is 9. The summed E-state index contributed by atoms with van der Waals surface area (Å²) >= 11 is 0. The van der Waals surface area contributed by atoms with Crippen LogP contribution in [0.5, 0.6) is 0 Å². The van der Waals surface area contributed by atoms with Gasteiger partial charge in [0.15, 0.2) is 0 Å². The maximum Gasteiger partial charge on any atom is 0.316 e. The van der Waals surface area contributed by atoms with Gasteiger partial charge in [-0.3, -0.25) is 4.79 Å². The summed E-state index contributed by atoms with van der Waals surface area (Å²) in [5.41, 5.74) is -0.430. The number of hydrogen-bond donors (Lipinski definition) is 0. The topological polar surface area (TPSA) is 43.4 Å². The van der Waals surface area contributed by atoms with E-state index in [0.717, 1.165) is 25.7 Å². The Hall–Kier alpha value is -0.300. The molecule has 1 unspecified atom stereocenters. The van der Waals surface area contributed by atoms with Crippen LogP contribution in [0.15, 0.2) is 0 Å². The van der Waals surface area contributed by atoms with Gasteiger partial charge in [0.05, 0.1) is 6.61 Å². The molecule has 0 saturated heterocycles. The van der Waals surface area contributed by atoms with E-state index in [1.807, 2.05) is 0 Å². The predicted molar refractivity (Wildman–Crippen MR) is 73.3 cm³/mol. The van der Waals surface area contributed by atoms with Crippen LogP contribution >= 0.6 is 7.14 Å². The fourth-order valence-corrected chi connectivity index (χ4v) is 4.97. The Morgan fingerprint density at radius 2 is 1.59 bits per heavy atom. The van der Waals surface area contributed by atoms with Crippen molar-refractivity contribution < 1.29 is 14.1 Å². The zero-order valence-electron chi connectivity index (χ0n) is 11.7.